The molecule has 0 spiro atoms. The van der Waals surface area contributed by atoms with Crippen LogP contribution in [0.3, 0.4) is 0 Å². The summed E-state index contributed by atoms with van der Waals surface area (Å²) in [7, 11) is 0. The Hall–Kier alpha value is -4.00. The SMILES string of the molecule is Cc1nn(CCC#N)c(C)c1CCC(=O)NNC(=O)c1nn(C(C)C)c(=O)c2ccccc12. The molecule has 2 amide bonds. The summed E-state index contributed by atoms with van der Waals surface area (Å²) in [6.07, 6.45) is 0.956. The van der Waals surface area contributed by atoms with Gasteiger partial charge in [0.05, 0.1) is 36.2 Å². The van der Waals surface area contributed by atoms with Gasteiger partial charge in [-0.1, -0.05) is 18.2 Å². The molecule has 0 aliphatic rings. The molecule has 10 nitrogen and oxygen atoms in total. The van der Waals surface area contributed by atoms with E-state index < -0.39 is 5.91 Å². The smallest absolute Gasteiger partial charge is 0.273 e. The van der Waals surface area contributed by atoms with Crippen LogP contribution in [0.5, 0.6) is 0 Å². The molecular weight excluding hydrogens is 422 g/mol. The summed E-state index contributed by atoms with van der Waals surface area (Å²) in [5, 5.41) is 18.2. The molecule has 0 saturated heterocycles. The number of nitriles is 1. The van der Waals surface area contributed by atoms with Crippen molar-refractivity contribution in [2.45, 2.75) is 59.5 Å². The van der Waals surface area contributed by atoms with Gasteiger partial charge in [-0.15, -0.1) is 0 Å². The van der Waals surface area contributed by atoms with Gasteiger partial charge in [0.15, 0.2) is 5.69 Å². The molecule has 33 heavy (non-hydrogen) atoms. The van der Waals surface area contributed by atoms with Gasteiger partial charge in [-0.2, -0.15) is 15.5 Å². The molecule has 2 aromatic heterocycles. The Morgan fingerprint density at radius 3 is 2.48 bits per heavy atom. The summed E-state index contributed by atoms with van der Waals surface area (Å²) in [6.45, 7) is 7.89. The number of rotatable bonds is 7. The lowest BCUT2D eigenvalue weighted by Gasteiger charge is -2.13. The van der Waals surface area contributed by atoms with E-state index in [-0.39, 0.29) is 29.6 Å². The number of hydrogen-bond acceptors (Lipinski definition) is 6. The summed E-state index contributed by atoms with van der Waals surface area (Å²) in [6, 6.07) is 8.62. The molecule has 10 heteroatoms. The Labute approximate surface area is 191 Å². The molecule has 2 N–H and O–H groups in total. The molecule has 0 saturated carbocycles. The summed E-state index contributed by atoms with van der Waals surface area (Å²) in [4.78, 5) is 37.8. The van der Waals surface area contributed by atoms with E-state index in [0.717, 1.165) is 17.0 Å². The fourth-order valence-corrected chi connectivity index (χ4v) is 3.68. The van der Waals surface area contributed by atoms with Gasteiger partial charge in [0.2, 0.25) is 5.91 Å². The second-order valence-corrected chi connectivity index (χ2v) is 8.02. The molecule has 0 aliphatic carbocycles. The third kappa shape index (κ3) is 5.09. The van der Waals surface area contributed by atoms with E-state index in [0.29, 0.717) is 30.2 Å². The predicted molar refractivity (Wildman–Crippen MR) is 122 cm³/mol. The number of carbonyl (C=O) groups is 2. The third-order valence-electron chi connectivity index (χ3n) is 5.42. The molecule has 0 radical (unpaired) electrons. The van der Waals surface area contributed by atoms with Crippen molar-refractivity contribution in [3.05, 3.63) is 57.3 Å². The second-order valence-electron chi connectivity index (χ2n) is 8.02. The van der Waals surface area contributed by atoms with Crippen molar-refractivity contribution in [1.29, 1.82) is 5.26 Å². The van der Waals surface area contributed by atoms with Crippen molar-refractivity contribution < 1.29 is 9.59 Å². The zero-order valence-electron chi connectivity index (χ0n) is 19.2. The number of hydrogen-bond donors (Lipinski definition) is 2. The number of aromatic nitrogens is 4. The van der Waals surface area contributed by atoms with E-state index in [2.05, 4.69) is 27.1 Å². The summed E-state index contributed by atoms with van der Waals surface area (Å²) < 4.78 is 3.03. The van der Waals surface area contributed by atoms with E-state index in [1.54, 1.807) is 42.8 Å². The van der Waals surface area contributed by atoms with Crippen LogP contribution in [-0.4, -0.2) is 31.4 Å². The van der Waals surface area contributed by atoms with Gasteiger partial charge in [0, 0.05) is 17.5 Å². The highest BCUT2D eigenvalue weighted by Gasteiger charge is 2.19. The van der Waals surface area contributed by atoms with Crippen LogP contribution in [0.2, 0.25) is 0 Å². The number of benzene rings is 1. The maximum atomic E-state index is 12.8. The van der Waals surface area contributed by atoms with Crippen molar-refractivity contribution in [3.8, 4) is 6.07 Å². The van der Waals surface area contributed by atoms with Crippen LogP contribution in [-0.2, 0) is 17.8 Å². The fourth-order valence-electron chi connectivity index (χ4n) is 3.68. The zero-order valence-corrected chi connectivity index (χ0v) is 19.2. The van der Waals surface area contributed by atoms with E-state index in [9.17, 15) is 14.4 Å². The number of hydrazine groups is 1. The first kappa shape index (κ1) is 23.7. The van der Waals surface area contributed by atoms with Crippen molar-refractivity contribution in [1.82, 2.24) is 30.4 Å². The molecule has 3 aromatic rings. The molecule has 0 bridgehead atoms. The summed E-state index contributed by atoms with van der Waals surface area (Å²) >= 11 is 0. The number of nitrogens with zero attached hydrogens (tertiary/aromatic N) is 5. The van der Waals surface area contributed by atoms with Crippen molar-refractivity contribution in [3.63, 3.8) is 0 Å². The highest BCUT2D eigenvalue weighted by Crippen LogP contribution is 2.16. The lowest BCUT2D eigenvalue weighted by Crippen LogP contribution is -2.43. The largest absolute Gasteiger partial charge is 0.290 e. The van der Waals surface area contributed by atoms with Crippen LogP contribution in [0.4, 0.5) is 0 Å². The Morgan fingerprint density at radius 1 is 1.12 bits per heavy atom. The third-order valence-corrected chi connectivity index (χ3v) is 5.42. The van der Waals surface area contributed by atoms with Crippen molar-refractivity contribution >= 4 is 22.6 Å². The van der Waals surface area contributed by atoms with Gasteiger partial charge >= 0.3 is 0 Å². The van der Waals surface area contributed by atoms with Gasteiger partial charge in [0.25, 0.3) is 11.5 Å². The summed E-state index contributed by atoms with van der Waals surface area (Å²) in [5.74, 6) is -0.973. The number of carbonyl (C=O) groups excluding carboxylic acids is 2. The van der Waals surface area contributed by atoms with Crippen LogP contribution in [0.25, 0.3) is 10.8 Å². The van der Waals surface area contributed by atoms with Crippen molar-refractivity contribution in [2.75, 3.05) is 0 Å². The molecule has 172 valence electrons. The Bertz CT molecular complexity index is 1300. The molecule has 0 unspecified atom stereocenters. The lowest BCUT2D eigenvalue weighted by atomic mass is 10.1. The standard InChI is InChI=1S/C23H27N7O3/c1-14(2)30-23(33)19-9-6-5-8-18(19)21(28-30)22(32)26-25-20(31)11-10-17-15(3)27-29(16(17)4)13-7-12-24/h5-6,8-9,14H,7,10-11,13H2,1-4H3,(H,25,31)(H,26,32). The molecule has 1 aromatic carbocycles. The van der Waals surface area contributed by atoms with E-state index in [1.165, 1.54) is 4.68 Å². The van der Waals surface area contributed by atoms with Gasteiger partial charge in [-0.05, 0) is 45.7 Å². The van der Waals surface area contributed by atoms with Crippen LogP contribution in [0.1, 0.15) is 60.2 Å². The van der Waals surface area contributed by atoms with E-state index >= 15 is 0 Å². The number of fused-ring (bicyclic) bond motifs is 1. The van der Waals surface area contributed by atoms with Gasteiger partial charge < -0.3 is 0 Å². The molecule has 0 aliphatic heterocycles. The first-order chi connectivity index (χ1) is 15.7. The van der Waals surface area contributed by atoms with Crippen LogP contribution in [0, 0.1) is 25.2 Å². The Morgan fingerprint density at radius 2 is 1.82 bits per heavy atom. The fraction of sp³-hybridized carbons (Fsp3) is 0.391. The first-order valence-corrected chi connectivity index (χ1v) is 10.7. The molecule has 2 heterocycles. The highest BCUT2D eigenvalue weighted by atomic mass is 16.2. The Balaban J connectivity index is 1.69. The van der Waals surface area contributed by atoms with Crippen LogP contribution < -0.4 is 16.4 Å². The topological polar surface area (TPSA) is 135 Å². The van der Waals surface area contributed by atoms with Crippen molar-refractivity contribution in [2.24, 2.45) is 0 Å². The maximum Gasteiger partial charge on any atom is 0.290 e. The molecule has 0 fully saturated rings. The van der Waals surface area contributed by atoms with E-state index in [4.69, 9.17) is 5.26 Å². The van der Waals surface area contributed by atoms with Crippen LogP contribution >= 0.6 is 0 Å². The predicted octanol–water partition coefficient (Wildman–Crippen LogP) is 2.10. The lowest BCUT2D eigenvalue weighted by molar-refractivity contribution is -0.121. The number of nitrogens with one attached hydrogen (secondary N) is 2. The minimum atomic E-state index is -0.606. The zero-order chi connectivity index (χ0) is 24.1. The first-order valence-electron chi connectivity index (χ1n) is 10.7. The van der Waals surface area contributed by atoms with Crippen LogP contribution in [0.15, 0.2) is 29.1 Å². The van der Waals surface area contributed by atoms with Gasteiger partial charge in [0.1, 0.15) is 0 Å². The quantitative estimate of drug-likeness (QED) is 0.531. The molecule has 0 atom stereocenters. The second kappa shape index (κ2) is 10.1. The monoisotopic (exact) mass is 449 g/mol. The minimum absolute atomic E-state index is 0.0599. The minimum Gasteiger partial charge on any atom is -0.273 e. The molecule has 3 rings (SSSR count). The normalized spacial score (nSPS) is 10.9. The average Bonchev–Trinajstić information content (AvgIpc) is 3.07. The van der Waals surface area contributed by atoms with Gasteiger partial charge in [-0.3, -0.25) is 29.9 Å². The van der Waals surface area contributed by atoms with E-state index in [1.807, 2.05) is 13.8 Å². The number of amides is 2. The summed E-state index contributed by atoms with van der Waals surface area (Å²) in [5.41, 5.74) is 7.30. The molecular formula is C23H27N7O3. The number of aryl methyl sites for hydroxylation is 2. The average molecular weight is 450 g/mol. The maximum absolute atomic E-state index is 12.8. The van der Waals surface area contributed by atoms with Gasteiger partial charge in [-0.25, -0.2) is 4.68 Å². The Kier molecular flexibility index (Phi) is 7.23. The highest BCUT2D eigenvalue weighted by molar-refractivity contribution is 6.05.